The predicted octanol–water partition coefficient (Wildman–Crippen LogP) is 4.18. The fourth-order valence-corrected chi connectivity index (χ4v) is 5.61. The summed E-state index contributed by atoms with van der Waals surface area (Å²) in [5.41, 5.74) is 5.51. The number of nitrogens with zero attached hydrogens (tertiary/aromatic N) is 6. The van der Waals surface area contributed by atoms with Crippen molar-refractivity contribution in [1.82, 2.24) is 29.7 Å². The molecule has 1 aliphatic rings. The molecular weight excluding hydrogens is 549 g/mol. The second-order valence-electron chi connectivity index (χ2n) is 10.4. The first-order chi connectivity index (χ1) is 18.7. The van der Waals surface area contributed by atoms with Gasteiger partial charge in [-0.15, -0.1) is 11.3 Å². The van der Waals surface area contributed by atoms with E-state index in [0.29, 0.717) is 27.3 Å². The zero-order valence-electron chi connectivity index (χ0n) is 21.7. The lowest BCUT2D eigenvalue weighted by Crippen LogP contribution is -2.33. The summed E-state index contributed by atoms with van der Waals surface area (Å²) < 4.78 is 39.5. The van der Waals surface area contributed by atoms with E-state index in [4.69, 9.17) is 5.73 Å². The summed E-state index contributed by atoms with van der Waals surface area (Å²) in [5, 5.41) is 19.3. The summed E-state index contributed by atoms with van der Waals surface area (Å²) >= 11 is 1.21. The van der Waals surface area contributed by atoms with Crippen LogP contribution < -0.4 is 11.1 Å². The average Bonchev–Trinajstić information content (AvgIpc) is 3.54. The zero-order chi connectivity index (χ0) is 29.0. The van der Waals surface area contributed by atoms with Gasteiger partial charge >= 0.3 is 12.1 Å². The molecule has 5 rings (SSSR count). The van der Waals surface area contributed by atoms with Gasteiger partial charge in [-0.2, -0.15) is 18.3 Å². The predicted molar refractivity (Wildman–Crippen MR) is 141 cm³/mol. The number of aryl methyl sites for hydroxylation is 1. The Morgan fingerprint density at radius 3 is 2.70 bits per heavy atom. The number of hydrogen-bond acceptors (Lipinski definition) is 9. The summed E-state index contributed by atoms with van der Waals surface area (Å²) in [6.07, 6.45) is -3.75. The molecule has 0 fully saturated rings. The molecular formula is C25H25F3N8O3S. The number of hydrogen-bond donors (Lipinski definition) is 3. The van der Waals surface area contributed by atoms with Crippen molar-refractivity contribution in [3.05, 3.63) is 40.0 Å². The highest BCUT2D eigenvalue weighted by molar-refractivity contribution is 7.10. The molecule has 0 spiro atoms. The van der Waals surface area contributed by atoms with Crippen LogP contribution in [0.4, 0.5) is 24.8 Å². The molecule has 0 saturated carbocycles. The molecule has 11 nitrogen and oxygen atoms in total. The Labute approximate surface area is 229 Å². The molecule has 4 N–H and O–H groups in total. The van der Waals surface area contributed by atoms with Crippen molar-refractivity contribution in [2.45, 2.75) is 58.2 Å². The fourth-order valence-electron chi connectivity index (χ4n) is 4.62. The van der Waals surface area contributed by atoms with Crippen LogP contribution >= 0.6 is 11.3 Å². The van der Waals surface area contributed by atoms with E-state index in [9.17, 15) is 27.9 Å². The maximum absolute atomic E-state index is 13.3. The van der Waals surface area contributed by atoms with E-state index in [1.54, 1.807) is 38.3 Å². The highest BCUT2D eigenvalue weighted by Crippen LogP contribution is 2.46. The normalized spacial score (nSPS) is 17.3. The molecule has 210 valence electrons. The minimum absolute atomic E-state index is 0.00660. The van der Waals surface area contributed by atoms with Crippen LogP contribution in [0.3, 0.4) is 0 Å². The third-order valence-electron chi connectivity index (χ3n) is 6.85. The quantitative estimate of drug-likeness (QED) is 0.280. The van der Waals surface area contributed by atoms with Crippen LogP contribution in [0.25, 0.3) is 22.6 Å². The van der Waals surface area contributed by atoms with Gasteiger partial charge in [0.25, 0.3) is 0 Å². The molecule has 4 aromatic rings. The average molecular weight is 575 g/mol. The second kappa shape index (κ2) is 9.50. The van der Waals surface area contributed by atoms with E-state index < -0.39 is 35.3 Å². The van der Waals surface area contributed by atoms with Crippen LogP contribution in [0.1, 0.15) is 49.9 Å². The number of nitrogens with one attached hydrogen (secondary N) is 1. The van der Waals surface area contributed by atoms with Crippen molar-refractivity contribution in [1.29, 1.82) is 0 Å². The topological polar surface area (TPSA) is 162 Å². The SMILES string of the molecule is CC(C)(Cc1csc([C@@]2(C)C(=O)Nc3nc(-c4nn(CCCC(F)(F)F)c5ncccc45)nc(N)c32)n1)C(=O)O. The highest BCUT2D eigenvalue weighted by Gasteiger charge is 2.50. The van der Waals surface area contributed by atoms with Crippen molar-refractivity contribution >= 4 is 45.9 Å². The monoisotopic (exact) mass is 574 g/mol. The smallest absolute Gasteiger partial charge is 0.389 e. The first-order valence-corrected chi connectivity index (χ1v) is 13.1. The molecule has 0 aliphatic carbocycles. The molecule has 1 atom stereocenters. The van der Waals surface area contributed by atoms with Gasteiger partial charge < -0.3 is 16.2 Å². The van der Waals surface area contributed by atoms with Gasteiger partial charge in [0.1, 0.15) is 27.8 Å². The number of aliphatic carboxylic acids is 1. The largest absolute Gasteiger partial charge is 0.481 e. The van der Waals surface area contributed by atoms with Crippen LogP contribution in [-0.2, 0) is 28.0 Å². The summed E-state index contributed by atoms with van der Waals surface area (Å²) in [7, 11) is 0. The highest BCUT2D eigenvalue weighted by atomic mass is 32.1. The number of carbonyl (C=O) groups excluding carboxylic acids is 1. The van der Waals surface area contributed by atoms with E-state index in [-0.39, 0.29) is 42.5 Å². The summed E-state index contributed by atoms with van der Waals surface area (Å²) in [6, 6.07) is 3.37. The first-order valence-electron chi connectivity index (χ1n) is 12.3. The molecule has 4 aromatic heterocycles. The summed E-state index contributed by atoms with van der Waals surface area (Å²) in [5.74, 6) is -1.14. The molecule has 15 heteroatoms. The lowest BCUT2D eigenvalue weighted by atomic mass is 9.85. The van der Waals surface area contributed by atoms with Crippen molar-refractivity contribution in [2.75, 3.05) is 11.1 Å². The van der Waals surface area contributed by atoms with Gasteiger partial charge in [0, 0.05) is 31.0 Å². The van der Waals surface area contributed by atoms with Gasteiger partial charge in [-0.1, -0.05) is 0 Å². The Morgan fingerprint density at radius 2 is 2.00 bits per heavy atom. The lowest BCUT2D eigenvalue weighted by molar-refractivity contribution is -0.146. The number of alkyl halides is 3. The number of carboxylic acid groups (broad SMARTS) is 1. The number of amides is 1. The van der Waals surface area contributed by atoms with Gasteiger partial charge in [0.15, 0.2) is 11.5 Å². The maximum Gasteiger partial charge on any atom is 0.389 e. The van der Waals surface area contributed by atoms with Gasteiger partial charge in [-0.3, -0.25) is 9.59 Å². The summed E-state index contributed by atoms with van der Waals surface area (Å²) in [6.45, 7) is 4.82. The first kappa shape index (κ1) is 27.4. The van der Waals surface area contributed by atoms with Gasteiger partial charge in [-0.05, 0) is 39.3 Å². The van der Waals surface area contributed by atoms with Crippen molar-refractivity contribution in [3.8, 4) is 11.5 Å². The molecule has 1 aliphatic heterocycles. The molecule has 5 heterocycles. The number of carboxylic acids is 1. The molecule has 0 aromatic carbocycles. The maximum atomic E-state index is 13.3. The molecule has 40 heavy (non-hydrogen) atoms. The number of aromatic nitrogens is 6. The van der Waals surface area contributed by atoms with E-state index >= 15 is 0 Å². The van der Waals surface area contributed by atoms with E-state index in [1.165, 1.54) is 22.2 Å². The standard InChI is InChI=1S/C25H25F3N8O3S/c1-23(2,22(38)39)10-12-11-40-21(31-12)24(3)14-16(29)32-18(33-17(14)34-20(24)37)15-13-6-4-8-30-19(13)36(35-15)9-5-7-25(26,27)28/h4,6,8,11H,5,7,9-10H2,1-3H3,(H,38,39)(H3,29,32,33,34,37)/t24-/m1/s1. The second-order valence-corrected chi connectivity index (χ2v) is 11.3. The van der Waals surface area contributed by atoms with Crippen LogP contribution in [0.15, 0.2) is 23.7 Å². The Balaban J connectivity index is 1.52. The number of nitrogens with two attached hydrogens (primary N) is 1. The summed E-state index contributed by atoms with van der Waals surface area (Å²) in [4.78, 5) is 42.6. The Morgan fingerprint density at radius 1 is 1.25 bits per heavy atom. The number of anilines is 2. The van der Waals surface area contributed by atoms with Gasteiger partial charge in [0.2, 0.25) is 5.91 Å². The van der Waals surface area contributed by atoms with E-state index in [0.717, 1.165) is 0 Å². The van der Waals surface area contributed by atoms with Crippen molar-refractivity contribution in [2.24, 2.45) is 5.41 Å². The third kappa shape index (κ3) is 4.74. The van der Waals surface area contributed by atoms with E-state index in [2.05, 4.69) is 30.4 Å². The number of pyridine rings is 1. The fraction of sp³-hybridized carbons (Fsp3) is 0.400. The molecule has 0 saturated heterocycles. The Bertz CT molecular complexity index is 1650. The minimum Gasteiger partial charge on any atom is -0.481 e. The lowest BCUT2D eigenvalue weighted by Gasteiger charge is -2.20. The van der Waals surface area contributed by atoms with Crippen molar-refractivity contribution in [3.63, 3.8) is 0 Å². The van der Waals surface area contributed by atoms with E-state index in [1.807, 2.05) is 0 Å². The molecule has 0 unspecified atom stereocenters. The number of fused-ring (bicyclic) bond motifs is 2. The number of halogens is 3. The van der Waals surface area contributed by atoms with Crippen LogP contribution in [0.2, 0.25) is 0 Å². The van der Waals surface area contributed by atoms with Crippen LogP contribution in [0.5, 0.6) is 0 Å². The Kier molecular flexibility index (Phi) is 6.51. The van der Waals surface area contributed by atoms with Gasteiger partial charge in [0.05, 0.1) is 22.1 Å². The minimum atomic E-state index is -4.29. The van der Waals surface area contributed by atoms with Crippen molar-refractivity contribution < 1.29 is 27.9 Å². The zero-order valence-corrected chi connectivity index (χ0v) is 22.5. The number of thiazole rings is 1. The number of carbonyl (C=O) groups is 2. The molecule has 1 amide bonds. The molecule has 0 radical (unpaired) electrons. The number of rotatable bonds is 8. The van der Waals surface area contributed by atoms with Crippen LogP contribution in [0, 0.1) is 5.41 Å². The number of nitrogen functional groups attached to an aromatic ring is 1. The van der Waals surface area contributed by atoms with Crippen LogP contribution in [-0.4, -0.2) is 52.9 Å². The molecule has 0 bridgehead atoms. The Hall–Kier alpha value is -4.14. The third-order valence-corrected chi connectivity index (χ3v) is 7.97. The van der Waals surface area contributed by atoms with Gasteiger partial charge in [-0.25, -0.2) is 24.6 Å².